The van der Waals surface area contributed by atoms with Crippen molar-refractivity contribution in [2.45, 2.75) is 51.1 Å². The summed E-state index contributed by atoms with van der Waals surface area (Å²) in [6, 6.07) is 1.65. The van der Waals surface area contributed by atoms with Crippen LogP contribution >= 0.6 is 15.9 Å². The average molecular weight is 379 g/mol. The number of nitrogens with zero attached hydrogens (tertiary/aromatic N) is 1. The number of furan rings is 1. The Morgan fingerprint density at radius 2 is 2.14 bits per heavy atom. The lowest BCUT2D eigenvalue weighted by Crippen LogP contribution is -2.44. The molecule has 1 aliphatic heterocycles. The SMILES string of the molecule is CCNCc1cc(S(=O)(=O)N2CC(C)CCC2C)c(Br)o1. The zero-order valence-electron chi connectivity index (χ0n) is 12.7. The molecule has 120 valence electrons. The second kappa shape index (κ2) is 6.81. The molecule has 0 bridgehead atoms. The molecule has 5 nitrogen and oxygen atoms in total. The lowest BCUT2D eigenvalue weighted by Gasteiger charge is -2.35. The minimum Gasteiger partial charge on any atom is -0.452 e. The van der Waals surface area contributed by atoms with Crippen LogP contribution in [-0.4, -0.2) is 31.9 Å². The Morgan fingerprint density at radius 1 is 1.43 bits per heavy atom. The van der Waals surface area contributed by atoms with E-state index < -0.39 is 10.0 Å². The van der Waals surface area contributed by atoms with Gasteiger partial charge in [-0.2, -0.15) is 4.31 Å². The number of hydrogen-bond donors (Lipinski definition) is 1. The maximum atomic E-state index is 12.9. The van der Waals surface area contributed by atoms with Gasteiger partial charge < -0.3 is 9.73 Å². The summed E-state index contributed by atoms with van der Waals surface area (Å²) in [6.07, 6.45) is 1.98. The number of hydrogen-bond acceptors (Lipinski definition) is 4. The normalized spacial score (nSPS) is 24.4. The van der Waals surface area contributed by atoms with E-state index in [2.05, 4.69) is 28.2 Å². The van der Waals surface area contributed by atoms with Crippen LogP contribution < -0.4 is 5.32 Å². The molecule has 1 aliphatic rings. The summed E-state index contributed by atoms with van der Waals surface area (Å²) in [7, 11) is -3.51. The largest absolute Gasteiger partial charge is 0.452 e. The van der Waals surface area contributed by atoms with Gasteiger partial charge in [0.05, 0.1) is 6.54 Å². The van der Waals surface area contributed by atoms with Crippen LogP contribution in [0.25, 0.3) is 0 Å². The number of halogens is 1. The van der Waals surface area contributed by atoms with Crippen molar-refractivity contribution in [3.8, 4) is 0 Å². The molecule has 2 unspecified atom stereocenters. The Kier molecular flexibility index (Phi) is 5.51. The zero-order valence-corrected chi connectivity index (χ0v) is 15.1. The molecule has 2 rings (SSSR count). The Labute approximate surface area is 135 Å². The fraction of sp³-hybridized carbons (Fsp3) is 0.714. The summed E-state index contributed by atoms with van der Waals surface area (Å²) in [4.78, 5) is 0.233. The van der Waals surface area contributed by atoms with Gasteiger partial charge in [-0.05, 0) is 48.2 Å². The summed E-state index contributed by atoms with van der Waals surface area (Å²) in [5, 5.41) is 3.13. The van der Waals surface area contributed by atoms with Gasteiger partial charge >= 0.3 is 0 Å². The molecule has 1 aromatic heterocycles. The molecule has 0 amide bonds. The predicted molar refractivity (Wildman–Crippen MR) is 85.5 cm³/mol. The molecular weight excluding hydrogens is 356 g/mol. The standard InChI is InChI=1S/C14H23BrN2O3S/c1-4-16-8-12-7-13(14(15)20-12)21(18,19)17-9-10(2)5-6-11(17)3/h7,10-11,16H,4-6,8-9H2,1-3H3. The van der Waals surface area contributed by atoms with Crippen LogP contribution in [0.4, 0.5) is 0 Å². The molecule has 0 saturated carbocycles. The zero-order chi connectivity index (χ0) is 15.6. The summed E-state index contributed by atoms with van der Waals surface area (Å²) < 4.78 is 33.1. The fourth-order valence-corrected chi connectivity index (χ4v) is 5.36. The number of sulfonamides is 1. The number of piperidine rings is 1. The molecule has 2 atom stereocenters. The van der Waals surface area contributed by atoms with E-state index in [0.717, 1.165) is 19.4 Å². The van der Waals surface area contributed by atoms with Gasteiger partial charge in [0, 0.05) is 18.7 Å². The van der Waals surface area contributed by atoms with Crippen LogP contribution in [-0.2, 0) is 16.6 Å². The van der Waals surface area contributed by atoms with Gasteiger partial charge in [-0.15, -0.1) is 0 Å². The summed E-state index contributed by atoms with van der Waals surface area (Å²) in [5.41, 5.74) is 0. The highest BCUT2D eigenvalue weighted by Crippen LogP contribution is 2.33. The van der Waals surface area contributed by atoms with Crippen LogP contribution in [0.3, 0.4) is 0 Å². The van der Waals surface area contributed by atoms with Gasteiger partial charge in [0.15, 0.2) is 4.67 Å². The summed E-state index contributed by atoms with van der Waals surface area (Å²) >= 11 is 3.25. The van der Waals surface area contributed by atoms with Crippen molar-refractivity contribution in [1.82, 2.24) is 9.62 Å². The Bertz CT molecular complexity index is 585. The summed E-state index contributed by atoms with van der Waals surface area (Å²) in [6.45, 7) is 7.96. The lowest BCUT2D eigenvalue weighted by atomic mass is 9.97. The van der Waals surface area contributed by atoms with Gasteiger partial charge in [0.2, 0.25) is 10.0 Å². The minimum atomic E-state index is -3.51. The molecule has 0 aromatic carbocycles. The van der Waals surface area contributed by atoms with Crippen LogP contribution in [0, 0.1) is 5.92 Å². The van der Waals surface area contributed by atoms with Crippen molar-refractivity contribution in [1.29, 1.82) is 0 Å². The summed E-state index contributed by atoms with van der Waals surface area (Å²) in [5.74, 6) is 1.02. The minimum absolute atomic E-state index is 0.0326. The van der Waals surface area contributed by atoms with Gasteiger partial charge in [-0.3, -0.25) is 0 Å². The second-order valence-electron chi connectivity index (χ2n) is 5.74. The fourth-order valence-electron chi connectivity index (χ4n) is 2.62. The molecular formula is C14H23BrN2O3S. The van der Waals surface area contributed by atoms with Gasteiger partial charge in [-0.1, -0.05) is 13.8 Å². The Hall–Kier alpha value is -0.370. The van der Waals surface area contributed by atoms with Crippen molar-refractivity contribution in [3.05, 3.63) is 16.5 Å². The van der Waals surface area contributed by atoms with Crippen LogP contribution in [0.5, 0.6) is 0 Å². The average Bonchev–Trinajstić information content (AvgIpc) is 2.81. The van der Waals surface area contributed by atoms with E-state index in [9.17, 15) is 8.42 Å². The second-order valence-corrected chi connectivity index (χ2v) is 8.32. The highest BCUT2D eigenvalue weighted by molar-refractivity contribution is 9.10. The third kappa shape index (κ3) is 3.70. The Balaban J connectivity index is 2.28. The molecule has 7 heteroatoms. The van der Waals surface area contributed by atoms with Crippen molar-refractivity contribution < 1.29 is 12.8 Å². The molecule has 1 N–H and O–H groups in total. The van der Waals surface area contributed by atoms with E-state index in [1.165, 1.54) is 0 Å². The first-order valence-electron chi connectivity index (χ1n) is 7.37. The van der Waals surface area contributed by atoms with Crippen LogP contribution in [0.2, 0.25) is 0 Å². The van der Waals surface area contributed by atoms with Crippen molar-refractivity contribution in [2.75, 3.05) is 13.1 Å². The quantitative estimate of drug-likeness (QED) is 0.855. The van der Waals surface area contributed by atoms with E-state index in [0.29, 0.717) is 29.4 Å². The molecule has 1 saturated heterocycles. The smallest absolute Gasteiger partial charge is 0.247 e. The third-order valence-corrected chi connectivity index (χ3v) is 6.74. The predicted octanol–water partition coefficient (Wildman–Crippen LogP) is 2.96. The molecule has 1 fully saturated rings. The van der Waals surface area contributed by atoms with Gasteiger partial charge in [0.25, 0.3) is 0 Å². The van der Waals surface area contributed by atoms with E-state index in [4.69, 9.17) is 4.42 Å². The van der Waals surface area contributed by atoms with E-state index in [1.807, 2.05) is 13.8 Å². The lowest BCUT2D eigenvalue weighted by molar-refractivity contribution is 0.217. The first-order valence-corrected chi connectivity index (χ1v) is 9.60. The van der Waals surface area contributed by atoms with E-state index in [-0.39, 0.29) is 10.9 Å². The number of nitrogens with one attached hydrogen (secondary N) is 1. The highest BCUT2D eigenvalue weighted by atomic mass is 79.9. The van der Waals surface area contributed by atoms with Gasteiger partial charge in [0.1, 0.15) is 10.7 Å². The first kappa shape index (κ1) is 17.0. The molecule has 0 radical (unpaired) electrons. The van der Waals surface area contributed by atoms with Crippen molar-refractivity contribution >= 4 is 26.0 Å². The van der Waals surface area contributed by atoms with Gasteiger partial charge in [-0.25, -0.2) is 8.42 Å². The Morgan fingerprint density at radius 3 is 2.81 bits per heavy atom. The topological polar surface area (TPSA) is 62.6 Å². The monoisotopic (exact) mass is 378 g/mol. The van der Waals surface area contributed by atoms with Crippen LogP contribution in [0.1, 0.15) is 39.4 Å². The molecule has 21 heavy (non-hydrogen) atoms. The highest BCUT2D eigenvalue weighted by Gasteiger charge is 2.36. The molecule has 1 aromatic rings. The maximum Gasteiger partial charge on any atom is 0.247 e. The molecule has 0 aliphatic carbocycles. The first-order chi connectivity index (χ1) is 9.86. The van der Waals surface area contributed by atoms with Crippen molar-refractivity contribution in [2.24, 2.45) is 5.92 Å². The molecule has 0 spiro atoms. The number of rotatable bonds is 5. The van der Waals surface area contributed by atoms with Crippen molar-refractivity contribution in [3.63, 3.8) is 0 Å². The third-order valence-electron chi connectivity index (χ3n) is 3.90. The van der Waals surface area contributed by atoms with Crippen LogP contribution in [0.15, 0.2) is 20.0 Å². The van der Waals surface area contributed by atoms with E-state index >= 15 is 0 Å². The van der Waals surface area contributed by atoms with E-state index in [1.54, 1.807) is 10.4 Å². The maximum absolute atomic E-state index is 12.9. The molecule has 2 heterocycles.